The lowest BCUT2D eigenvalue weighted by atomic mass is 9.84. The largest absolute Gasteiger partial charge is 0.489 e. The van der Waals surface area contributed by atoms with Crippen LogP contribution in [0.3, 0.4) is 0 Å². The van der Waals surface area contributed by atoms with Crippen LogP contribution in [0, 0.1) is 12.3 Å². The van der Waals surface area contributed by atoms with Crippen molar-refractivity contribution in [3.8, 4) is 5.75 Å². The molecule has 0 bridgehead atoms. The molecule has 5 N–H and O–H groups in total. The van der Waals surface area contributed by atoms with E-state index >= 15 is 0 Å². The van der Waals surface area contributed by atoms with E-state index in [-0.39, 0.29) is 34.5 Å². The van der Waals surface area contributed by atoms with Gasteiger partial charge in [0.2, 0.25) is 0 Å². The second kappa shape index (κ2) is 22.7. The van der Waals surface area contributed by atoms with Crippen molar-refractivity contribution in [2.45, 2.75) is 116 Å². The van der Waals surface area contributed by atoms with Crippen LogP contribution in [0.4, 0.5) is 14.7 Å². The van der Waals surface area contributed by atoms with Gasteiger partial charge in [-0.15, -0.1) is 15.6 Å². The summed E-state index contributed by atoms with van der Waals surface area (Å²) < 4.78 is 59.8. The van der Waals surface area contributed by atoms with Crippen molar-refractivity contribution in [1.82, 2.24) is 25.6 Å². The quantitative estimate of drug-likeness (QED) is 0.0144. The van der Waals surface area contributed by atoms with Crippen LogP contribution in [0.15, 0.2) is 90.1 Å². The van der Waals surface area contributed by atoms with Crippen LogP contribution in [0.5, 0.6) is 5.75 Å². The number of esters is 1. The van der Waals surface area contributed by atoms with E-state index in [0.29, 0.717) is 52.6 Å². The highest BCUT2D eigenvalue weighted by molar-refractivity contribution is 7.80. The van der Waals surface area contributed by atoms with Gasteiger partial charge in [-0.25, -0.2) is 19.4 Å². The zero-order chi connectivity index (χ0) is 53.5. The number of β-lactam (4-membered cyclic amide) rings is 1. The maximum Gasteiger partial charge on any atom is 0.418 e. The fourth-order valence-corrected chi connectivity index (χ4v) is 8.67. The zero-order valence-corrected chi connectivity index (χ0v) is 43.4. The number of aryl methyl sites for hydroxylation is 1. The maximum atomic E-state index is 14.4. The van der Waals surface area contributed by atoms with E-state index in [1.807, 2.05) is 20.8 Å². The molecule has 4 amide bonds. The fourth-order valence-electron chi connectivity index (χ4n) is 7.42. The van der Waals surface area contributed by atoms with Gasteiger partial charge in [-0.2, -0.15) is 13.5 Å². The Bertz CT molecular complexity index is 2750. The molecule has 2 aliphatic heterocycles. The van der Waals surface area contributed by atoms with Crippen molar-refractivity contribution in [3.05, 3.63) is 112 Å². The fraction of sp³-hybridized carbons (Fsp3) is 0.429. The van der Waals surface area contributed by atoms with E-state index in [1.54, 1.807) is 118 Å². The highest BCUT2D eigenvalue weighted by Crippen LogP contribution is 2.34. The van der Waals surface area contributed by atoms with Crippen molar-refractivity contribution < 1.29 is 65.0 Å². The number of benzene rings is 3. The first-order valence-electron chi connectivity index (χ1n) is 23.1. The maximum absolute atomic E-state index is 14.4. The SMILES string of the molecule is Cc1sc(NC(=O)OC(C)(C)C)nc1/C(=N/O[C@@H](COc1ccc(C(=N)NC2CCN(C(=O)OC(C)(C)C)CC2)cc1)C(=O)OC(c1ccccc1)c1ccccc1)C(=O)N[C@@H]1C(=O)N(OS(=O)(=O)O)C1(C)C. The Hall–Kier alpha value is -7.15. The number of ether oxygens (including phenoxy) is 4. The molecule has 2 saturated heterocycles. The van der Waals surface area contributed by atoms with E-state index < -0.39 is 81.6 Å². The summed E-state index contributed by atoms with van der Waals surface area (Å²) in [6.45, 7) is 15.1. The molecule has 1 aromatic heterocycles. The third-order valence-electron chi connectivity index (χ3n) is 11.0. The molecule has 24 heteroatoms. The van der Waals surface area contributed by atoms with Crippen LogP contribution in [-0.4, -0.2) is 124 Å². The van der Waals surface area contributed by atoms with Crippen molar-refractivity contribution in [3.63, 3.8) is 0 Å². The van der Waals surface area contributed by atoms with E-state index in [1.165, 1.54) is 13.8 Å². The van der Waals surface area contributed by atoms with E-state index in [0.717, 1.165) is 11.3 Å². The van der Waals surface area contributed by atoms with Gasteiger partial charge >= 0.3 is 28.6 Å². The van der Waals surface area contributed by atoms with E-state index in [4.69, 9.17) is 29.2 Å². The summed E-state index contributed by atoms with van der Waals surface area (Å²) in [4.78, 5) is 79.5. The Balaban J connectivity index is 1.27. The molecule has 4 aromatic rings. The zero-order valence-electron chi connectivity index (χ0n) is 41.8. The number of aromatic nitrogens is 1. The van der Waals surface area contributed by atoms with E-state index in [2.05, 4.69) is 30.4 Å². The number of amides is 4. The number of hydrogen-bond donors (Lipinski definition) is 5. The molecule has 0 unspecified atom stereocenters. The monoisotopic (exact) mass is 1050 g/mol. The van der Waals surface area contributed by atoms with Gasteiger partial charge in [-0.05, 0) is 111 Å². The number of piperidine rings is 1. The van der Waals surface area contributed by atoms with Gasteiger partial charge < -0.3 is 39.3 Å². The Kier molecular flexibility index (Phi) is 17.2. The van der Waals surface area contributed by atoms with Gasteiger partial charge in [0.25, 0.3) is 17.9 Å². The lowest BCUT2D eigenvalue weighted by molar-refractivity contribution is -0.218. The molecule has 2 aliphatic rings. The molecule has 3 aromatic carbocycles. The van der Waals surface area contributed by atoms with Crippen LogP contribution in [0.25, 0.3) is 0 Å². The van der Waals surface area contributed by atoms with Gasteiger partial charge in [0, 0.05) is 29.6 Å². The molecule has 392 valence electrons. The normalized spacial score (nSPS) is 16.7. The smallest absolute Gasteiger partial charge is 0.418 e. The number of nitrogens with one attached hydrogen (secondary N) is 4. The van der Waals surface area contributed by atoms with Crippen LogP contribution in [-0.2, 0) is 48.1 Å². The minimum Gasteiger partial charge on any atom is -0.489 e. The molecular formula is C49H60N8O14S2. The van der Waals surface area contributed by atoms with Crippen LogP contribution >= 0.6 is 11.3 Å². The molecular weight excluding hydrogens is 989 g/mol. The summed E-state index contributed by atoms with van der Waals surface area (Å²) in [5, 5.41) is 21.5. The van der Waals surface area contributed by atoms with Crippen LogP contribution in [0.2, 0.25) is 0 Å². The predicted octanol–water partition coefficient (Wildman–Crippen LogP) is 6.45. The molecule has 6 rings (SSSR count). The number of nitrogens with zero attached hydrogens (tertiary/aromatic N) is 4. The van der Waals surface area contributed by atoms with Gasteiger partial charge in [0.15, 0.2) is 16.9 Å². The average molecular weight is 1050 g/mol. The standard InChI is InChI=1S/C49H60N8O14S2/c1-29-36(52-44(72-29)54-45(61)68-47(2,3)4)37(41(58)53-39-42(59)57(49(39,8)9)71-73(63,64)65)55-70-35(43(60)67-38(30-16-12-10-13-17-30)31-18-14-11-15-19-31)28-66-34-22-20-32(21-23-34)40(50)51-33-24-26-56(27-25-33)46(62)69-48(5,6)7/h10-23,33,35,38-39H,24-28H2,1-9H3,(H2,50,51)(H,53,58)(H,52,54,61)(H,63,64,65)/b55-37-/t35-,39+/m0/s1. The third kappa shape index (κ3) is 15.2. The number of likely N-dealkylation sites (tertiary alicyclic amines) is 1. The van der Waals surface area contributed by atoms with E-state index in [9.17, 15) is 36.9 Å². The minimum absolute atomic E-state index is 0.0156. The number of rotatable bonds is 17. The molecule has 0 radical (unpaired) electrons. The number of amidine groups is 1. The van der Waals surface area contributed by atoms with Crippen LogP contribution in [0.1, 0.15) is 102 Å². The lowest BCUT2D eigenvalue weighted by Crippen LogP contribution is -2.76. The average Bonchev–Trinajstić information content (AvgIpc) is 3.67. The number of hydrogen-bond acceptors (Lipinski definition) is 17. The summed E-state index contributed by atoms with van der Waals surface area (Å²) >= 11 is 0.943. The number of hydroxylamine groups is 2. The van der Waals surface area contributed by atoms with Gasteiger partial charge in [0.05, 0.1) is 5.54 Å². The molecule has 0 spiro atoms. The number of oxime groups is 1. The summed E-state index contributed by atoms with van der Waals surface area (Å²) in [6, 6.07) is 22.8. The van der Waals surface area contributed by atoms with Crippen molar-refractivity contribution in [1.29, 1.82) is 5.41 Å². The Morgan fingerprint density at radius 1 is 0.890 bits per heavy atom. The first kappa shape index (κ1) is 55.2. The summed E-state index contributed by atoms with van der Waals surface area (Å²) in [5.74, 6) is -2.71. The molecule has 22 nitrogen and oxygen atoms in total. The molecule has 0 saturated carbocycles. The number of carbonyl (C=O) groups is 5. The third-order valence-corrected chi connectivity index (χ3v) is 12.2. The van der Waals surface area contributed by atoms with Crippen molar-refractivity contribution >= 4 is 68.4 Å². The summed E-state index contributed by atoms with van der Waals surface area (Å²) in [7, 11) is -5.13. The first-order chi connectivity index (χ1) is 34.2. The highest BCUT2D eigenvalue weighted by Gasteiger charge is 2.58. The first-order valence-corrected chi connectivity index (χ1v) is 25.3. The molecule has 2 fully saturated rings. The molecule has 0 aliphatic carbocycles. The summed E-state index contributed by atoms with van der Waals surface area (Å²) in [5.41, 5.74) is -1.99. The molecule has 2 atom stereocenters. The second-order valence-corrected chi connectivity index (χ2v) is 21.7. The minimum atomic E-state index is -5.13. The molecule has 73 heavy (non-hydrogen) atoms. The summed E-state index contributed by atoms with van der Waals surface area (Å²) in [6.07, 6.45) is -2.67. The number of anilines is 1. The Labute approximate surface area is 427 Å². The number of thiazole rings is 1. The van der Waals surface area contributed by atoms with Gasteiger partial charge in [0.1, 0.15) is 41.1 Å². The Morgan fingerprint density at radius 2 is 1.47 bits per heavy atom. The molecule has 3 heterocycles. The predicted molar refractivity (Wildman–Crippen MR) is 267 cm³/mol. The topological polar surface area (TPSA) is 287 Å². The lowest BCUT2D eigenvalue weighted by Gasteiger charge is -2.50. The highest BCUT2D eigenvalue weighted by atomic mass is 32.3. The van der Waals surface area contributed by atoms with Gasteiger partial charge in [-0.3, -0.25) is 24.9 Å². The van der Waals surface area contributed by atoms with Crippen molar-refractivity contribution in [2.75, 3.05) is 25.0 Å². The number of carbonyl (C=O) groups excluding carboxylic acids is 5. The van der Waals surface area contributed by atoms with Crippen molar-refractivity contribution in [2.24, 2.45) is 5.16 Å². The van der Waals surface area contributed by atoms with Gasteiger partial charge in [-0.1, -0.05) is 65.8 Å². The Morgan fingerprint density at radius 3 is 2.00 bits per heavy atom. The second-order valence-electron chi connectivity index (χ2n) is 19.5. The van der Waals surface area contributed by atoms with Crippen LogP contribution < -0.4 is 20.7 Å².